The van der Waals surface area contributed by atoms with Crippen molar-refractivity contribution in [2.75, 3.05) is 13.7 Å². The van der Waals surface area contributed by atoms with E-state index in [1.807, 2.05) is 0 Å². The average Bonchev–Trinajstić information content (AvgIpc) is 2.51. The first-order chi connectivity index (χ1) is 10.5. The fraction of sp³-hybridized carbons (Fsp3) is 0.200. The van der Waals surface area contributed by atoms with Crippen LogP contribution >= 0.6 is 0 Å². The minimum atomic E-state index is -4.39. The Kier molecular flexibility index (Phi) is 4.98. The number of hydrogen-bond donors (Lipinski definition) is 0. The SMILES string of the molecule is COc1cc(C=Cc2ccncn2)ccc1OCC(F)(F)F. The van der Waals surface area contributed by atoms with Gasteiger partial charge in [0.1, 0.15) is 6.33 Å². The van der Waals surface area contributed by atoms with Crippen LogP contribution in [0.15, 0.2) is 36.8 Å². The molecule has 1 aromatic carbocycles. The van der Waals surface area contributed by atoms with Crippen LogP contribution in [-0.4, -0.2) is 29.9 Å². The number of rotatable bonds is 5. The number of hydrogen-bond acceptors (Lipinski definition) is 4. The van der Waals surface area contributed by atoms with Crippen LogP contribution in [-0.2, 0) is 0 Å². The molecule has 0 fully saturated rings. The number of aromatic nitrogens is 2. The van der Waals surface area contributed by atoms with Gasteiger partial charge in [-0.2, -0.15) is 13.2 Å². The van der Waals surface area contributed by atoms with Crippen molar-refractivity contribution in [2.24, 2.45) is 0 Å². The second kappa shape index (κ2) is 6.93. The van der Waals surface area contributed by atoms with Crippen molar-refractivity contribution < 1.29 is 22.6 Å². The smallest absolute Gasteiger partial charge is 0.422 e. The quantitative estimate of drug-likeness (QED) is 0.846. The summed E-state index contributed by atoms with van der Waals surface area (Å²) in [7, 11) is 1.37. The van der Waals surface area contributed by atoms with Crippen molar-refractivity contribution in [1.82, 2.24) is 9.97 Å². The van der Waals surface area contributed by atoms with Gasteiger partial charge in [0.2, 0.25) is 0 Å². The van der Waals surface area contributed by atoms with Gasteiger partial charge in [-0.1, -0.05) is 12.1 Å². The van der Waals surface area contributed by atoms with Crippen molar-refractivity contribution in [2.45, 2.75) is 6.18 Å². The highest BCUT2D eigenvalue weighted by Crippen LogP contribution is 2.30. The lowest BCUT2D eigenvalue weighted by Crippen LogP contribution is -2.19. The highest BCUT2D eigenvalue weighted by Gasteiger charge is 2.28. The van der Waals surface area contributed by atoms with Crippen molar-refractivity contribution in [3.05, 3.63) is 48.0 Å². The molecule has 0 aliphatic heterocycles. The van der Waals surface area contributed by atoms with E-state index in [-0.39, 0.29) is 11.5 Å². The van der Waals surface area contributed by atoms with E-state index in [4.69, 9.17) is 9.47 Å². The summed E-state index contributed by atoms with van der Waals surface area (Å²) in [4.78, 5) is 7.84. The summed E-state index contributed by atoms with van der Waals surface area (Å²) >= 11 is 0. The molecule has 0 saturated carbocycles. The Hall–Kier alpha value is -2.57. The number of ether oxygens (including phenoxy) is 2. The molecule has 0 radical (unpaired) electrons. The molecular weight excluding hydrogens is 297 g/mol. The predicted molar refractivity (Wildman–Crippen MR) is 75.5 cm³/mol. The third-order valence-electron chi connectivity index (χ3n) is 2.63. The van der Waals surface area contributed by atoms with Crippen LogP contribution < -0.4 is 9.47 Å². The Bertz CT molecular complexity index is 643. The standard InChI is InChI=1S/C15H13F3N2O2/c1-21-14-8-11(2-4-12-6-7-19-10-20-12)3-5-13(14)22-9-15(16,17)18/h2-8,10H,9H2,1H3. The zero-order valence-corrected chi connectivity index (χ0v) is 11.7. The molecular formula is C15H13F3N2O2. The second-order valence-electron chi connectivity index (χ2n) is 4.28. The third kappa shape index (κ3) is 4.76. The summed E-state index contributed by atoms with van der Waals surface area (Å²) in [6.07, 6.45) is 2.16. The van der Waals surface area contributed by atoms with Gasteiger partial charge in [-0.25, -0.2) is 9.97 Å². The van der Waals surface area contributed by atoms with Gasteiger partial charge in [0.05, 0.1) is 12.8 Å². The van der Waals surface area contributed by atoms with Gasteiger partial charge >= 0.3 is 6.18 Å². The molecule has 0 aliphatic carbocycles. The van der Waals surface area contributed by atoms with Crippen LogP contribution in [0.5, 0.6) is 11.5 Å². The Morgan fingerprint density at radius 2 is 1.95 bits per heavy atom. The predicted octanol–water partition coefficient (Wildman–Crippen LogP) is 3.60. The van der Waals surface area contributed by atoms with Crippen molar-refractivity contribution >= 4 is 12.2 Å². The zero-order valence-electron chi connectivity index (χ0n) is 11.7. The summed E-state index contributed by atoms with van der Waals surface area (Å²) in [5.41, 5.74) is 1.46. The monoisotopic (exact) mass is 310 g/mol. The summed E-state index contributed by atoms with van der Waals surface area (Å²) < 4.78 is 46.3. The normalized spacial score (nSPS) is 11.6. The molecule has 116 valence electrons. The van der Waals surface area contributed by atoms with Gasteiger partial charge in [0, 0.05) is 6.20 Å². The van der Waals surface area contributed by atoms with Crippen LogP contribution in [0, 0.1) is 0 Å². The zero-order chi connectivity index (χ0) is 16.0. The van der Waals surface area contributed by atoms with E-state index < -0.39 is 12.8 Å². The minimum absolute atomic E-state index is 0.0408. The molecule has 1 heterocycles. The molecule has 22 heavy (non-hydrogen) atoms. The van der Waals surface area contributed by atoms with E-state index >= 15 is 0 Å². The summed E-state index contributed by atoms with van der Waals surface area (Å²) in [5, 5.41) is 0. The van der Waals surface area contributed by atoms with Gasteiger partial charge in [0.15, 0.2) is 18.1 Å². The molecule has 0 N–H and O–H groups in total. The number of halogens is 3. The van der Waals surface area contributed by atoms with Gasteiger partial charge in [-0.3, -0.25) is 0 Å². The van der Waals surface area contributed by atoms with Crippen molar-refractivity contribution in [3.8, 4) is 11.5 Å². The largest absolute Gasteiger partial charge is 0.493 e. The summed E-state index contributed by atoms with van der Waals surface area (Å²) in [6, 6.07) is 6.38. The Morgan fingerprint density at radius 3 is 2.59 bits per heavy atom. The first-order valence-corrected chi connectivity index (χ1v) is 6.29. The maximum absolute atomic E-state index is 12.2. The average molecular weight is 310 g/mol. The third-order valence-corrected chi connectivity index (χ3v) is 2.63. The van der Waals surface area contributed by atoms with Gasteiger partial charge < -0.3 is 9.47 Å². The van der Waals surface area contributed by atoms with E-state index in [1.54, 1.807) is 36.5 Å². The van der Waals surface area contributed by atoms with Crippen LogP contribution in [0.1, 0.15) is 11.3 Å². The second-order valence-corrected chi connectivity index (χ2v) is 4.28. The molecule has 7 heteroatoms. The highest BCUT2D eigenvalue weighted by molar-refractivity contribution is 5.69. The van der Waals surface area contributed by atoms with Crippen LogP contribution in [0.2, 0.25) is 0 Å². The van der Waals surface area contributed by atoms with E-state index in [9.17, 15) is 13.2 Å². The number of methoxy groups -OCH3 is 1. The molecule has 0 saturated heterocycles. The number of benzene rings is 1. The first-order valence-electron chi connectivity index (χ1n) is 6.29. The Labute approximate surface area is 125 Å². The van der Waals surface area contributed by atoms with Gasteiger partial charge in [0.25, 0.3) is 0 Å². The van der Waals surface area contributed by atoms with E-state index in [0.717, 1.165) is 5.56 Å². The molecule has 2 aromatic rings. The number of alkyl halides is 3. The van der Waals surface area contributed by atoms with Gasteiger partial charge in [-0.15, -0.1) is 0 Å². The lowest BCUT2D eigenvalue weighted by atomic mass is 10.1. The summed E-state index contributed by atoms with van der Waals surface area (Å²) in [6.45, 7) is -1.36. The molecule has 0 bridgehead atoms. The molecule has 0 unspecified atom stereocenters. The van der Waals surface area contributed by atoms with Crippen LogP contribution in [0.25, 0.3) is 12.2 Å². The minimum Gasteiger partial charge on any atom is -0.493 e. The summed E-state index contributed by atoms with van der Waals surface area (Å²) in [5.74, 6) is 0.271. The Balaban J connectivity index is 2.13. The molecule has 4 nitrogen and oxygen atoms in total. The molecule has 0 atom stereocenters. The topological polar surface area (TPSA) is 44.2 Å². The van der Waals surface area contributed by atoms with Crippen molar-refractivity contribution in [1.29, 1.82) is 0 Å². The van der Waals surface area contributed by atoms with Gasteiger partial charge in [-0.05, 0) is 29.8 Å². The lowest BCUT2D eigenvalue weighted by Gasteiger charge is -2.12. The maximum atomic E-state index is 12.2. The Morgan fingerprint density at radius 1 is 1.14 bits per heavy atom. The fourth-order valence-electron chi connectivity index (χ4n) is 1.65. The van der Waals surface area contributed by atoms with E-state index in [1.165, 1.54) is 19.5 Å². The fourth-order valence-corrected chi connectivity index (χ4v) is 1.65. The van der Waals surface area contributed by atoms with Crippen molar-refractivity contribution in [3.63, 3.8) is 0 Å². The highest BCUT2D eigenvalue weighted by atomic mass is 19.4. The van der Waals surface area contributed by atoms with E-state index in [0.29, 0.717) is 5.69 Å². The first kappa shape index (κ1) is 15.8. The van der Waals surface area contributed by atoms with Crippen LogP contribution in [0.4, 0.5) is 13.2 Å². The van der Waals surface area contributed by atoms with Crippen LogP contribution in [0.3, 0.4) is 0 Å². The maximum Gasteiger partial charge on any atom is 0.422 e. The molecule has 1 aromatic heterocycles. The van der Waals surface area contributed by atoms with E-state index in [2.05, 4.69) is 9.97 Å². The molecule has 0 amide bonds. The molecule has 0 spiro atoms. The molecule has 0 aliphatic rings. The molecule has 2 rings (SSSR count). The number of nitrogens with zero attached hydrogens (tertiary/aromatic N) is 2. The lowest BCUT2D eigenvalue weighted by molar-refractivity contribution is -0.153.